The molecule has 0 unspecified atom stereocenters. The molecule has 2 amide bonds. The molecule has 156 valence electrons. The summed E-state index contributed by atoms with van der Waals surface area (Å²) in [4.78, 5) is 24.6. The maximum atomic E-state index is 12.4. The van der Waals surface area contributed by atoms with Crippen LogP contribution in [0.3, 0.4) is 0 Å². The Hall–Kier alpha value is -2.23. The highest BCUT2D eigenvalue weighted by Gasteiger charge is 2.36. The van der Waals surface area contributed by atoms with Crippen molar-refractivity contribution in [1.82, 2.24) is 10.0 Å². The maximum absolute atomic E-state index is 12.4. The largest absolute Gasteiger partial charge is 0.354 e. The van der Waals surface area contributed by atoms with Gasteiger partial charge in [0.2, 0.25) is 21.8 Å². The van der Waals surface area contributed by atoms with Crippen molar-refractivity contribution in [3.05, 3.63) is 46.7 Å². The Morgan fingerprint density at radius 1 is 1.10 bits per heavy atom. The van der Waals surface area contributed by atoms with Crippen molar-refractivity contribution < 1.29 is 18.0 Å². The zero-order valence-electron chi connectivity index (χ0n) is 16.2. The van der Waals surface area contributed by atoms with E-state index in [1.807, 2.05) is 11.4 Å². The normalized spacial score (nSPS) is 15.8. The van der Waals surface area contributed by atoms with Gasteiger partial charge in [0.15, 0.2) is 0 Å². The number of nitrogens with one attached hydrogen (secondary N) is 3. The Bertz CT molecular complexity index is 948. The summed E-state index contributed by atoms with van der Waals surface area (Å²) in [6.45, 7) is 1.56. The average molecular weight is 436 g/mol. The van der Waals surface area contributed by atoms with Crippen LogP contribution in [0.15, 0.2) is 46.7 Å². The molecular formula is C20H25N3O4S2. The van der Waals surface area contributed by atoms with Crippen LogP contribution in [-0.2, 0) is 25.0 Å². The van der Waals surface area contributed by atoms with Gasteiger partial charge in [0.1, 0.15) is 0 Å². The lowest BCUT2D eigenvalue weighted by molar-refractivity contribution is -0.120. The molecule has 7 nitrogen and oxygen atoms in total. The molecule has 1 aromatic heterocycles. The highest BCUT2D eigenvalue weighted by Crippen LogP contribution is 2.42. The van der Waals surface area contributed by atoms with Crippen molar-refractivity contribution in [3.63, 3.8) is 0 Å². The second-order valence-electron chi connectivity index (χ2n) is 7.27. The summed E-state index contributed by atoms with van der Waals surface area (Å²) < 4.78 is 27.1. The Kier molecular flexibility index (Phi) is 6.71. The van der Waals surface area contributed by atoms with Crippen molar-refractivity contribution in [1.29, 1.82) is 0 Å². The van der Waals surface area contributed by atoms with Crippen molar-refractivity contribution >= 4 is 38.9 Å². The Balaban J connectivity index is 1.55. The predicted octanol–water partition coefficient (Wildman–Crippen LogP) is 2.61. The lowest BCUT2D eigenvalue weighted by Gasteiger charge is -2.28. The number of sulfonamides is 1. The number of carbonyl (C=O) groups is 2. The number of anilines is 1. The quantitative estimate of drug-likeness (QED) is 0.593. The molecule has 0 atom stereocenters. The minimum atomic E-state index is -3.82. The van der Waals surface area contributed by atoms with E-state index in [4.69, 9.17) is 0 Å². The Morgan fingerprint density at radius 2 is 1.79 bits per heavy atom. The molecule has 1 aromatic carbocycles. The van der Waals surface area contributed by atoms with E-state index in [1.54, 1.807) is 11.3 Å². The molecule has 29 heavy (non-hydrogen) atoms. The van der Waals surface area contributed by atoms with Gasteiger partial charge in [0.05, 0.1) is 11.4 Å². The highest BCUT2D eigenvalue weighted by atomic mass is 32.2. The van der Waals surface area contributed by atoms with Crippen LogP contribution in [0, 0.1) is 0 Å². The SMILES string of the molecule is CC(=O)Nc1ccc(S(=O)(=O)NCC(=O)NCC2(c3cccs3)CCCC2)cc1. The van der Waals surface area contributed by atoms with Crippen molar-refractivity contribution in [2.24, 2.45) is 0 Å². The standard InChI is InChI=1S/C20H25N3O4S2/c1-15(24)23-16-6-8-17(9-7-16)29(26,27)22-13-19(25)21-14-20(10-2-3-11-20)18-5-4-12-28-18/h4-9,12,22H,2-3,10-11,13-14H2,1H3,(H,21,25)(H,23,24). The van der Waals surface area contributed by atoms with Gasteiger partial charge in [-0.05, 0) is 48.6 Å². The lowest BCUT2D eigenvalue weighted by atomic mass is 9.84. The molecule has 1 fully saturated rings. The summed E-state index contributed by atoms with van der Waals surface area (Å²) in [5.41, 5.74) is 0.465. The van der Waals surface area contributed by atoms with Crippen LogP contribution in [-0.4, -0.2) is 33.3 Å². The van der Waals surface area contributed by atoms with Gasteiger partial charge < -0.3 is 10.6 Å². The first kappa shape index (κ1) is 21.5. The molecule has 0 saturated heterocycles. The first-order chi connectivity index (χ1) is 13.8. The van der Waals surface area contributed by atoms with E-state index in [1.165, 1.54) is 36.1 Å². The topological polar surface area (TPSA) is 104 Å². The molecule has 0 radical (unpaired) electrons. The van der Waals surface area contributed by atoms with E-state index in [9.17, 15) is 18.0 Å². The second kappa shape index (κ2) is 9.06. The summed E-state index contributed by atoms with van der Waals surface area (Å²) in [6.07, 6.45) is 4.32. The molecule has 1 heterocycles. The number of hydrogen-bond acceptors (Lipinski definition) is 5. The van der Waals surface area contributed by atoms with Crippen LogP contribution in [0.2, 0.25) is 0 Å². The van der Waals surface area contributed by atoms with E-state index < -0.39 is 10.0 Å². The van der Waals surface area contributed by atoms with Crippen LogP contribution >= 0.6 is 11.3 Å². The Morgan fingerprint density at radius 3 is 2.38 bits per heavy atom. The second-order valence-corrected chi connectivity index (χ2v) is 9.99. The maximum Gasteiger partial charge on any atom is 0.241 e. The minimum Gasteiger partial charge on any atom is -0.354 e. The molecule has 0 aliphatic heterocycles. The molecule has 9 heteroatoms. The third-order valence-electron chi connectivity index (χ3n) is 5.14. The van der Waals surface area contributed by atoms with Crippen LogP contribution in [0.1, 0.15) is 37.5 Å². The van der Waals surface area contributed by atoms with Crippen LogP contribution in [0.5, 0.6) is 0 Å². The van der Waals surface area contributed by atoms with Gasteiger partial charge in [-0.25, -0.2) is 13.1 Å². The van der Waals surface area contributed by atoms with E-state index in [0.29, 0.717) is 12.2 Å². The Labute approximate surface area is 175 Å². The van der Waals surface area contributed by atoms with E-state index >= 15 is 0 Å². The predicted molar refractivity (Wildman–Crippen MR) is 113 cm³/mol. The zero-order chi connectivity index (χ0) is 20.9. The third kappa shape index (κ3) is 5.43. The first-order valence-corrected chi connectivity index (χ1v) is 11.9. The zero-order valence-corrected chi connectivity index (χ0v) is 17.9. The van der Waals surface area contributed by atoms with Crippen LogP contribution < -0.4 is 15.4 Å². The fraction of sp³-hybridized carbons (Fsp3) is 0.400. The molecule has 3 N–H and O–H groups in total. The van der Waals surface area contributed by atoms with Gasteiger partial charge in [0, 0.05) is 29.4 Å². The van der Waals surface area contributed by atoms with Crippen molar-refractivity contribution in [2.75, 3.05) is 18.4 Å². The summed E-state index contributed by atoms with van der Waals surface area (Å²) in [6, 6.07) is 9.90. The average Bonchev–Trinajstić information content (AvgIpc) is 3.37. The van der Waals surface area contributed by atoms with Gasteiger partial charge >= 0.3 is 0 Å². The molecule has 2 aromatic rings. The summed E-state index contributed by atoms with van der Waals surface area (Å²) in [5.74, 6) is -0.593. The number of carbonyl (C=O) groups excluding carboxylic acids is 2. The van der Waals surface area contributed by atoms with Crippen molar-refractivity contribution in [3.8, 4) is 0 Å². The molecule has 3 rings (SSSR count). The number of hydrogen-bond donors (Lipinski definition) is 3. The molecule has 1 aliphatic rings. The number of benzene rings is 1. The van der Waals surface area contributed by atoms with Gasteiger partial charge in [-0.3, -0.25) is 9.59 Å². The smallest absolute Gasteiger partial charge is 0.241 e. The fourth-order valence-electron chi connectivity index (χ4n) is 3.64. The van der Waals surface area contributed by atoms with E-state index in [0.717, 1.165) is 25.7 Å². The molecule has 1 saturated carbocycles. The molecule has 0 spiro atoms. The third-order valence-corrected chi connectivity index (χ3v) is 7.67. The summed E-state index contributed by atoms with van der Waals surface area (Å²) in [7, 11) is -3.82. The summed E-state index contributed by atoms with van der Waals surface area (Å²) in [5, 5.41) is 7.52. The number of rotatable bonds is 8. The minimum absolute atomic E-state index is 0.0326. The van der Waals surface area contributed by atoms with Gasteiger partial charge in [0.25, 0.3) is 0 Å². The monoisotopic (exact) mass is 435 g/mol. The number of thiophene rings is 1. The highest BCUT2D eigenvalue weighted by molar-refractivity contribution is 7.89. The van der Waals surface area contributed by atoms with E-state index in [-0.39, 0.29) is 28.7 Å². The van der Waals surface area contributed by atoms with Crippen molar-refractivity contribution in [2.45, 2.75) is 42.9 Å². The van der Waals surface area contributed by atoms with Gasteiger partial charge in [-0.2, -0.15) is 0 Å². The number of amides is 2. The molecule has 0 bridgehead atoms. The first-order valence-electron chi connectivity index (χ1n) is 9.49. The molecule has 1 aliphatic carbocycles. The van der Waals surface area contributed by atoms with Gasteiger partial charge in [-0.15, -0.1) is 11.3 Å². The van der Waals surface area contributed by atoms with Crippen LogP contribution in [0.25, 0.3) is 0 Å². The van der Waals surface area contributed by atoms with E-state index in [2.05, 4.69) is 21.4 Å². The fourth-order valence-corrected chi connectivity index (χ4v) is 5.61. The lowest BCUT2D eigenvalue weighted by Crippen LogP contribution is -2.43. The molecular weight excluding hydrogens is 410 g/mol. The summed E-state index contributed by atoms with van der Waals surface area (Å²) >= 11 is 1.70. The van der Waals surface area contributed by atoms with Gasteiger partial charge in [-0.1, -0.05) is 18.9 Å². The van der Waals surface area contributed by atoms with Crippen LogP contribution in [0.4, 0.5) is 5.69 Å².